The molecule has 0 fully saturated rings. The lowest BCUT2D eigenvalue weighted by Gasteiger charge is -2.44. The second kappa shape index (κ2) is 13.9. The number of carbonyl (C=O) groups is 4. The van der Waals surface area contributed by atoms with Gasteiger partial charge in [0.15, 0.2) is 0 Å². The Morgan fingerprint density at radius 2 is 1.73 bits per heavy atom. The van der Waals surface area contributed by atoms with Crippen LogP contribution in [-0.4, -0.2) is 57.5 Å². The van der Waals surface area contributed by atoms with E-state index in [1.54, 1.807) is 46.8 Å². The first kappa shape index (κ1) is 31.7. The van der Waals surface area contributed by atoms with E-state index in [4.69, 9.17) is 10.5 Å². The number of hydrogen-bond donors (Lipinski definition) is 4. The molecule has 2 atom stereocenters. The van der Waals surface area contributed by atoms with Crippen LogP contribution in [0, 0.1) is 0 Å². The lowest BCUT2D eigenvalue weighted by atomic mass is 9.91. The summed E-state index contributed by atoms with van der Waals surface area (Å²) in [4.78, 5) is 53.5. The van der Waals surface area contributed by atoms with E-state index < -0.39 is 53.5 Å². The second-order valence-electron chi connectivity index (χ2n) is 10.7. The topological polar surface area (TPSA) is 151 Å². The molecule has 1 rings (SSSR count). The lowest BCUT2D eigenvalue weighted by Crippen LogP contribution is -2.60. The van der Waals surface area contributed by atoms with Crippen molar-refractivity contribution in [3.63, 3.8) is 0 Å². The van der Waals surface area contributed by atoms with Crippen molar-refractivity contribution >= 4 is 23.8 Å². The monoisotopic (exact) mass is 520 g/mol. The van der Waals surface area contributed by atoms with Crippen molar-refractivity contribution in [1.29, 1.82) is 0 Å². The van der Waals surface area contributed by atoms with Crippen LogP contribution in [0.25, 0.3) is 0 Å². The van der Waals surface area contributed by atoms with Crippen LogP contribution in [-0.2, 0) is 19.1 Å². The first-order valence-corrected chi connectivity index (χ1v) is 12.8. The van der Waals surface area contributed by atoms with Gasteiger partial charge in [0.1, 0.15) is 23.4 Å². The summed E-state index contributed by atoms with van der Waals surface area (Å²) in [5.74, 6) is -1.98. The smallest absolute Gasteiger partial charge is 0.408 e. The van der Waals surface area contributed by atoms with Gasteiger partial charge in [0.05, 0.1) is 6.42 Å². The zero-order valence-electron chi connectivity index (χ0n) is 23.2. The third-order valence-corrected chi connectivity index (χ3v) is 5.92. The van der Waals surface area contributed by atoms with Crippen LogP contribution in [0.5, 0.6) is 5.75 Å². The first-order chi connectivity index (χ1) is 17.1. The summed E-state index contributed by atoms with van der Waals surface area (Å²) in [6, 6.07) is 3.61. The maximum atomic E-state index is 14.1. The molecule has 0 radical (unpaired) electrons. The van der Waals surface area contributed by atoms with Gasteiger partial charge >= 0.3 is 6.09 Å². The average molecular weight is 521 g/mol. The Kier molecular flexibility index (Phi) is 11.9. The number of unbranched alkanes of at least 4 members (excludes halogenated alkanes) is 2. The summed E-state index contributed by atoms with van der Waals surface area (Å²) < 4.78 is 5.29. The van der Waals surface area contributed by atoms with E-state index in [1.807, 2.05) is 6.92 Å². The number of phenolic OH excluding ortho intramolecular Hbond substituents is 1. The highest BCUT2D eigenvalue weighted by Crippen LogP contribution is 2.33. The number of nitrogens with one attached hydrogen (secondary N) is 2. The molecule has 1 aromatic rings. The number of ether oxygens (including phenoxy) is 1. The fourth-order valence-electron chi connectivity index (χ4n) is 3.76. The Morgan fingerprint density at radius 3 is 2.24 bits per heavy atom. The summed E-state index contributed by atoms with van der Waals surface area (Å²) in [6.07, 6.45) is 1.75. The van der Waals surface area contributed by atoms with E-state index in [-0.39, 0.29) is 5.75 Å². The van der Waals surface area contributed by atoms with Gasteiger partial charge in [0.25, 0.3) is 0 Å². The predicted octanol–water partition coefficient (Wildman–Crippen LogP) is 3.53. The molecule has 2 unspecified atom stereocenters. The second-order valence-corrected chi connectivity index (χ2v) is 10.7. The molecule has 5 N–H and O–H groups in total. The predicted molar refractivity (Wildman–Crippen MR) is 142 cm³/mol. The van der Waals surface area contributed by atoms with Crippen molar-refractivity contribution in [2.24, 2.45) is 5.73 Å². The molecule has 0 spiro atoms. The molecule has 0 saturated heterocycles. The lowest BCUT2D eigenvalue weighted by molar-refractivity contribution is -0.150. The SMILES string of the molecule is CCCCCNC(=O)C(c1cccc(O)c1)N(C(=O)C(CC(N)=O)NC(=O)OC(C)(C)C)C(C)(C)CC. The number of rotatable bonds is 13. The zero-order chi connectivity index (χ0) is 28.4. The van der Waals surface area contributed by atoms with Gasteiger partial charge in [0, 0.05) is 12.1 Å². The van der Waals surface area contributed by atoms with E-state index in [2.05, 4.69) is 17.6 Å². The maximum absolute atomic E-state index is 14.1. The number of primary amides is 1. The van der Waals surface area contributed by atoms with Gasteiger partial charge in [-0.25, -0.2) is 4.79 Å². The third kappa shape index (κ3) is 10.3. The molecule has 0 heterocycles. The molecule has 0 aliphatic heterocycles. The number of nitrogens with two attached hydrogens (primary N) is 1. The van der Waals surface area contributed by atoms with Crippen LogP contribution in [0.1, 0.15) is 92.2 Å². The summed E-state index contributed by atoms with van der Waals surface area (Å²) in [5, 5.41) is 15.5. The van der Waals surface area contributed by atoms with Crippen LogP contribution >= 0.6 is 0 Å². The zero-order valence-corrected chi connectivity index (χ0v) is 23.2. The highest BCUT2D eigenvalue weighted by Gasteiger charge is 2.43. The molecule has 10 heteroatoms. The molecule has 37 heavy (non-hydrogen) atoms. The molecule has 10 nitrogen and oxygen atoms in total. The van der Waals surface area contributed by atoms with Gasteiger partial charge in [-0.05, 0) is 65.2 Å². The summed E-state index contributed by atoms with van der Waals surface area (Å²) in [7, 11) is 0. The number of carbonyl (C=O) groups excluding carboxylic acids is 4. The molecule has 0 saturated carbocycles. The Bertz CT molecular complexity index is 941. The minimum absolute atomic E-state index is 0.0662. The van der Waals surface area contributed by atoms with Crippen LogP contribution < -0.4 is 16.4 Å². The largest absolute Gasteiger partial charge is 0.508 e. The van der Waals surface area contributed by atoms with Crippen molar-refractivity contribution in [3.05, 3.63) is 29.8 Å². The minimum atomic E-state index is -1.37. The Morgan fingerprint density at radius 1 is 1.08 bits per heavy atom. The van der Waals surface area contributed by atoms with E-state index in [1.165, 1.54) is 17.0 Å². The number of benzene rings is 1. The fraction of sp³-hybridized carbons (Fsp3) is 0.630. The van der Waals surface area contributed by atoms with Gasteiger partial charge < -0.3 is 31.1 Å². The van der Waals surface area contributed by atoms with Crippen molar-refractivity contribution in [2.75, 3.05) is 6.54 Å². The number of phenols is 1. The van der Waals surface area contributed by atoms with Gasteiger partial charge in [-0.3, -0.25) is 14.4 Å². The first-order valence-electron chi connectivity index (χ1n) is 12.8. The molecule has 0 bridgehead atoms. The van der Waals surface area contributed by atoms with E-state index >= 15 is 0 Å². The standard InChI is InChI=1S/C27H44N4O6/c1-8-10-11-15-29-23(34)22(18-13-12-14-19(32)16-18)31(27(6,7)9-2)24(35)20(17-21(28)33)30-25(36)37-26(3,4)5/h12-14,16,20,22,32H,8-11,15,17H2,1-7H3,(H2,28,33)(H,29,34)(H,30,36). The fourth-order valence-corrected chi connectivity index (χ4v) is 3.76. The number of aromatic hydroxyl groups is 1. The maximum Gasteiger partial charge on any atom is 0.408 e. The Labute approximate surface area is 220 Å². The number of nitrogens with zero attached hydrogens (tertiary/aromatic N) is 1. The van der Waals surface area contributed by atoms with Crippen LogP contribution in [0.4, 0.5) is 4.79 Å². The number of amides is 4. The van der Waals surface area contributed by atoms with Crippen LogP contribution in [0.2, 0.25) is 0 Å². The molecule has 0 aliphatic rings. The van der Waals surface area contributed by atoms with Crippen molar-refractivity contribution in [2.45, 2.75) is 104 Å². The van der Waals surface area contributed by atoms with Crippen molar-refractivity contribution in [3.8, 4) is 5.75 Å². The average Bonchev–Trinajstić information content (AvgIpc) is 2.77. The van der Waals surface area contributed by atoms with E-state index in [0.717, 1.165) is 19.3 Å². The van der Waals surface area contributed by atoms with E-state index in [0.29, 0.717) is 18.5 Å². The molecular formula is C27H44N4O6. The van der Waals surface area contributed by atoms with Gasteiger partial charge in [-0.2, -0.15) is 0 Å². The van der Waals surface area contributed by atoms with Gasteiger partial charge in [-0.15, -0.1) is 0 Å². The molecular weight excluding hydrogens is 476 g/mol. The molecule has 0 aliphatic carbocycles. The molecule has 1 aromatic carbocycles. The number of hydrogen-bond acceptors (Lipinski definition) is 6. The molecule has 208 valence electrons. The molecule has 0 aromatic heterocycles. The highest BCUT2D eigenvalue weighted by molar-refractivity contribution is 5.95. The van der Waals surface area contributed by atoms with Gasteiger partial charge in [-0.1, -0.05) is 38.8 Å². The summed E-state index contributed by atoms with van der Waals surface area (Å²) in [5.41, 5.74) is 4.08. The van der Waals surface area contributed by atoms with Gasteiger partial charge in [0.2, 0.25) is 17.7 Å². The summed E-state index contributed by atoms with van der Waals surface area (Å²) >= 11 is 0. The van der Waals surface area contributed by atoms with Crippen LogP contribution in [0.3, 0.4) is 0 Å². The Hall–Kier alpha value is -3.30. The summed E-state index contributed by atoms with van der Waals surface area (Å²) in [6.45, 7) is 12.9. The van der Waals surface area contributed by atoms with E-state index in [9.17, 15) is 24.3 Å². The minimum Gasteiger partial charge on any atom is -0.508 e. The third-order valence-electron chi connectivity index (χ3n) is 5.92. The quantitative estimate of drug-likeness (QED) is 0.292. The Balaban J connectivity index is 3.57. The van der Waals surface area contributed by atoms with Crippen molar-refractivity contribution in [1.82, 2.24) is 15.5 Å². The number of alkyl carbamates (subject to hydrolysis) is 1. The molecule has 4 amide bonds. The normalized spacial score (nSPS) is 13.3. The highest BCUT2D eigenvalue weighted by atomic mass is 16.6. The van der Waals surface area contributed by atoms with Crippen molar-refractivity contribution < 1.29 is 29.0 Å². The van der Waals surface area contributed by atoms with Crippen LogP contribution in [0.15, 0.2) is 24.3 Å².